The van der Waals surface area contributed by atoms with Crippen LogP contribution in [-0.4, -0.2) is 0 Å². The minimum absolute atomic E-state index is 1.04. The van der Waals surface area contributed by atoms with E-state index in [4.69, 9.17) is 0 Å². The zero-order chi connectivity index (χ0) is 12.0. The fourth-order valence-corrected chi connectivity index (χ4v) is 2.69. The molecule has 0 N–H and O–H groups in total. The van der Waals surface area contributed by atoms with Gasteiger partial charge < -0.3 is 0 Å². The molecule has 2 aromatic rings. The smallest absolute Gasteiger partial charge is 0.00107 e. The topological polar surface area (TPSA) is 0 Å². The highest BCUT2D eigenvalue weighted by Crippen LogP contribution is 2.36. The SMILES string of the molecule is C=C1c2ccccc2Cc2c1ccc(C)c2C. The van der Waals surface area contributed by atoms with Crippen LogP contribution in [0.3, 0.4) is 0 Å². The van der Waals surface area contributed by atoms with Crippen LogP contribution >= 0.6 is 0 Å². The minimum Gasteiger partial charge on any atom is -0.0905 e. The van der Waals surface area contributed by atoms with Gasteiger partial charge in [0.2, 0.25) is 0 Å². The molecule has 0 spiro atoms. The molecule has 1 aliphatic rings. The number of hydrogen-bond acceptors (Lipinski definition) is 0. The maximum atomic E-state index is 4.27. The summed E-state index contributed by atoms with van der Waals surface area (Å²) in [4.78, 5) is 0. The van der Waals surface area contributed by atoms with Crippen LogP contribution in [0, 0.1) is 13.8 Å². The lowest BCUT2D eigenvalue weighted by atomic mass is 9.80. The van der Waals surface area contributed by atoms with Gasteiger partial charge in [0.25, 0.3) is 0 Å². The van der Waals surface area contributed by atoms with Crippen LogP contribution in [0.5, 0.6) is 0 Å². The lowest BCUT2D eigenvalue weighted by molar-refractivity contribution is 1.09. The van der Waals surface area contributed by atoms with Crippen LogP contribution in [0.2, 0.25) is 0 Å². The molecule has 17 heavy (non-hydrogen) atoms. The summed E-state index contributed by atoms with van der Waals surface area (Å²) in [6, 6.07) is 13.0. The van der Waals surface area contributed by atoms with Crippen LogP contribution in [0.25, 0.3) is 5.57 Å². The summed E-state index contributed by atoms with van der Waals surface area (Å²) >= 11 is 0. The summed E-state index contributed by atoms with van der Waals surface area (Å²) in [5.74, 6) is 0. The molecule has 84 valence electrons. The molecule has 0 radical (unpaired) electrons. The van der Waals surface area contributed by atoms with E-state index in [9.17, 15) is 0 Å². The second-order valence-corrected chi connectivity index (χ2v) is 4.85. The Hall–Kier alpha value is -1.82. The third-order valence-corrected chi connectivity index (χ3v) is 3.90. The van der Waals surface area contributed by atoms with E-state index in [1.54, 1.807) is 0 Å². The highest BCUT2D eigenvalue weighted by molar-refractivity contribution is 5.85. The van der Waals surface area contributed by atoms with Crippen LogP contribution < -0.4 is 0 Å². The molecule has 0 aliphatic heterocycles. The summed E-state index contributed by atoms with van der Waals surface area (Å²) < 4.78 is 0. The van der Waals surface area contributed by atoms with Crippen molar-refractivity contribution in [3.05, 3.63) is 76.4 Å². The molecule has 0 heteroatoms. The Morgan fingerprint density at radius 1 is 0.941 bits per heavy atom. The van der Waals surface area contributed by atoms with E-state index in [1.807, 2.05) is 0 Å². The average molecular weight is 220 g/mol. The van der Waals surface area contributed by atoms with Crippen molar-refractivity contribution >= 4 is 5.57 Å². The Kier molecular flexibility index (Phi) is 2.19. The quantitative estimate of drug-likeness (QED) is 0.530. The predicted octanol–water partition coefficient (Wildman–Crippen LogP) is 4.27. The summed E-state index contributed by atoms with van der Waals surface area (Å²) in [6.07, 6.45) is 1.04. The third kappa shape index (κ3) is 1.44. The minimum atomic E-state index is 1.04. The molecular formula is C17H16. The van der Waals surface area contributed by atoms with Gasteiger partial charge >= 0.3 is 0 Å². The van der Waals surface area contributed by atoms with Gasteiger partial charge in [-0.3, -0.25) is 0 Å². The Bertz CT molecular complexity index is 618. The second-order valence-electron chi connectivity index (χ2n) is 4.85. The summed E-state index contributed by atoms with van der Waals surface area (Å²) in [7, 11) is 0. The standard InChI is InChI=1S/C17H16/c1-11-8-9-16-13(3)15-7-5-4-6-14(15)10-17(16)12(11)2/h4-9H,3,10H2,1-2H3. The van der Waals surface area contributed by atoms with Crippen molar-refractivity contribution in [2.75, 3.05) is 0 Å². The molecule has 0 heterocycles. The van der Waals surface area contributed by atoms with Crippen molar-refractivity contribution < 1.29 is 0 Å². The van der Waals surface area contributed by atoms with Gasteiger partial charge in [-0.1, -0.05) is 43.0 Å². The molecule has 0 atom stereocenters. The summed E-state index contributed by atoms with van der Waals surface area (Å²) in [5, 5.41) is 0. The Morgan fingerprint density at radius 2 is 1.71 bits per heavy atom. The normalized spacial score (nSPS) is 13.2. The predicted molar refractivity (Wildman–Crippen MR) is 73.3 cm³/mol. The lowest BCUT2D eigenvalue weighted by Crippen LogP contribution is -2.08. The molecule has 3 rings (SSSR count). The average Bonchev–Trinajstić information content (AvgIpc) is 2.35. The van der Waals surface area contributed by atoms with Crippen molar-refractivity contribution in [2.24, 2.45) is 0 Å². The van der Waals surface area contributed by atoms with Gasteiger partial charge in [0.05, 0.1) is 0 Å². The second kappa shape index (κ2) is 3.59. The fourth-order valence-electron chi connectivity index (χ4n) is 2.69. The Morgan fingerprint density at radius 3 is 2.53 bits per heavy atom. The van der Waals surface area contributed by atoms with Crippen molar-refractivity contribution in [1.29, 1.82) is 0 Å². The van der Waals surface area contributed by atoms with Gasteiger partial charge in [-0.25, -0.2) is 0 Å². The van der Waals surface area contributed by atoms with E-state index in [0.717, 1.165) is 6.42 Å². The molecule has 0 saturated heterocycles. The molecule has 0 nitrogen and oxygen atoms in total. The largest absolute Gasteiger partial charge is 0.0905 e. The maximum Gasteiger partial charge on any atom is -0.00107 e. The van der Waals surface area contributed by atoms with E-state index in [-0.39, 0.29) is 0 Å². The Balaban J connectivity index is 2.27. The van der Waals surface area contributed by atoms with E-state index in [0.29, 0.717) is 0 Å². The van der Waals surface area contributed by atoms with Crippen LogP contribution in [0.15, 0.2) is 43.0 Å². The highest BCUT2D eigenvalue weighted by atomic mass is 14.2. The highest BCUT2D eigenvalue weighted by Gasteiger charge is 2.19. The third-order valence-electron chi connectivity index (χ3n) is 3.90. The van der Waals surface area contributed by atoms with Crippen molar-refractivity contribution in [2.45, 2.75) is 20.3 Å². The van der Waals surface area contributed by atoms with Gasteiger partial charge in [0.15, 0.2) is 0 Å². The van der Waals surface area contributed by atoms with Crippen LogP contribution in [0.1, 0.15) is 33.4 Å². The van der Waals surface area contributed by atoms with E-state index in [2.05, 4.69) is 56.8 Å². The Labute approximate surface area is 103 Å². The van der Waals surface area contributed by atoms with E-state index in [1.165, 1.54) is 39.0 Å². The number of hydrogen-bond donors (Lipinski definition) is 0. The van der Waals surface area contributed by atoms with Gasteiger partial charge in [0.1, 0.15) is 0 Å². The number of fused-ring (bicyclic) bond motifs is 2. The first-order valence-electron chi connectivity index (χ1n) is 6.05. The van der Waals surface area contributed by atoms with Crippen molar-refractivity contribution in [3.8, 4) is 0 Å². The molecule has 1 aliphatic carbocycles. The number of benzene rings is 2. The van der Waals surface area contributed by atoms with Crippen LogP contribution in [-0.2, 0) is 6.42 Å². The lowest BCUT2D eigenvalue weighted by Gasteiger charge is -2.24. The monoisotopic (exact) mass is 220 g/mol. The molecule has 0 saturated carbocycles. The maximum absolute atomic E-state index is 4.27. The van der Waals surface area contributed by atoms with Gasteiger partial charge in [-0.05, 0) is 59.2 Å². The number of rotatable bonds is 0. The summed E-state index contributed by atoms with van der Waals surface area (Å²) in [6.45, 7) is 8.66. The van der Waals surface area contributed by atoms with Crippen LogP contribution in [0.4, 0.5) is 0 Å². The number of aryl methyl sites for hydroxylation is 1. The molecule has 0 aromatic heterocycles. The first-order valence-corrected chi connectivity index (χ1v) is 6.05. The van der Waals surface area contributed by atoms with Crippen molar-refractivity contribution in [1.82, 2.24) is 0 Å². The zero-order valence-electron chi connectivity index (χ0n) is 10.4. The first-order chi connectivity index (χ1) is 8.18. The molecule has 0 fully saturated rings. The van der Waals surface area contributed by atoms with E-state index >= 15 is 0 Å². The molecule has 0 amide bonds. The van der Waals surface area contributed by atoms with Gasteiger partial charge in [-0.2, -0.15) is 0 Å². The fraction of sp³-hybridized carbons (Fsp3) is 0.176. The molecule has 0 bridgehead atoms. The molecular weight excluding hydrogens is 204 g/mol. The molecule has 0 unspecified atom stereocenters. The van der Waals surface area contributed by atoms with Crippen molar-refractivity contribution in [3.63, 3.8) is 0 Å². The summed E-state index contributed by atoms with van der Waals surface area (Å²) in [5.41, 5.74) is 9.45. The van der Waals surface area contributed by atoms with Gasteiger partial charge in [0, 0.05) is 0 Å². The molecule has 2 aromatic carbocycles. The first kappa shape index (κ1) is 10.3. The zero-order valence-corrected chi connectivity index (χ0v) is 10.4. The van der Waals surface area contributed by atoms with Gasteiger partial charge in [-0.15, -0.1) is 0 Å². The van der Waals surface area contributed by atoms with E-state index < -0.39 is 0 Å².